The molecule has 0 aliphatic rings. The quantitative estimate of drug-likeness (QED) is 0.695. The van der Waals surface area contributed by atoms with Crippen LogP contribution in [-0.2, 0) is 10.0 Å². The third kappa shape index (κ3) is 3.03. The molecular weight excluding hydrogens is 395 g/mol. The fourth-order valence-corrected chi connectivity index (χ4v) is 4.20. The first-order chi connectivity index (χ1) is 11.3. The van der Waals surface area contributed by atoms with E-state index in [1.54, 1.807) is 12.1 Å². The van der Waals surface area contributed by atoms with Gasteiger partial charge in [0.1, 0.15) is 15.9 Å². The number of anilines is 1. The molecule has 3 N–H and O–H groups in total. The Bertz CT molecular complexity index is 1070. The first-order valence-corrected chi connectivity index (χ1v) is 9.29. The number of nitrogens with one attached hydrogen (secondary N) is 1. The highest BCUT2D eigenvalue weighted by Gasteiger charge is 2.22. The van der Waals surface area contributed by atoms with E-state index < -0.39 is 15.9 Å². The molecule has 0 atom stereocenters. The first kappa shape index (κ1) is 16.9. The van der Waals surface area contributed by atoms with Crippen molar-refractivity contribution in [2.45, 2.75) is 4.90 Å². The number of hydrogen-bond donors (Lipinski definition) is 2. The summed E-state index contributed by atoms with van der Waals surface area (Å²) in [6, 6.07) is 7.00. The second-order valence-corrected chi connectivity index (χ2v) is 7.66. The van der Waals surface area contributed by atoms with Crippen molar-refractivity contribution in [1.82, 2.24) is 8.75 Å². The van der Waals surface area contributed by atoms with E-state index in [9.17, 15) is 13.2 Å². The molecule has 1 amide bonds. The Kier molecular flexibility index (Phi) is 4.35. The van der Waals surface area contributed by atoms with E-state index in [0.29, 0.717) is 5.52 Å². The number of nitrogens with two attached hydrogens (primary N) is 1. The molecule has 1 heterocycles. The van der Waals surface area contributed by atoms with Gasteiger partial charge in [-0.1, -0.05) is 29.3 Å². The monoisotopic (exact) mass is 402 g/mol. The molecule has 0 radical (unpaired) electrons. The zero-order valence-corrected chi connectivity index (χ0v) is 14.8. The number of hydrogen-bond acceptors (Lipinski definition) is 6. The van der Waals surface area contributed by atoms with E-state index in [1.165, 1.54) is 18.2 Å². The summed E-state index contributed by atoms with van der Waals surface area (Å²) in [6.45, 7) is 0. The topological polar surface area (TPSA) is 115 Å². The zero-order chi connectivity index (χ0) is 17.5. The molecule has 0 unspecified atom stereocenters. The standard InChI is InChI=1S/C13H8Cl2N4O3S2/c14-7-4-6(13(16)20)10(5-8(7)15)19-24(21,22)11-3-1-2-9-12(11)18-23-17-9/h1-5,19H,(H2,16,20). The number of halogens is 2. The minimum absolute atomic E-state index is 0.0721. The molecule has 3 aromatic rings. The number of fused-ring (bicyclic) bond motifs is 1. The Morgan fingerprint density at radius 3 is 2.58 bits per heavy atom. The highest BCUT2D eigenvalue weighted by Crippen LogP contribution is 2.31. The normalized spacial score (nSPS) is 11.6. The van der Waals surface area contributed by atoms with E-state index in [4.69, 9.17) is 28.9 Å². The number of nitrogens with zero attached hydrogens (tertiary/aromatic N) is 2. The molecule has 2 aromatic carbocycles. The molecule has 11 heteroatoms. The van der Waals surface area contributed by atoms with Crippen LogP contribution >= 0.6 is 34.9 Å². The van der Waals surface area contributed by atoms with Crippen LogP contribution in [0.5, 0.6) is 0 Å². The van der Waals surface area contributed by atoms with Crippen LogP contribution in [0.2, 0.25) is 10.0 Å². The van der Waals surface area contributed by atoms with Gasteiger partial charge in [0, 0.05) is 0 Å². The Morgan fingerprint density at radius 2 is 1.88 bits per heavy atom. The molecule has 3 rings (SSSR count). The molecule has 0 saturated heterocycles. The van der Waals surface area contributed by atoms with Gasteiger partial charge in [0.15, 0.2) is 0 Å². The SMILES string of the molecule is NC(=O)c1cc(Cl)c(Cl)cc1NS(=O)(=O)c1cccc2nsnc12. The number of carbonyl (C=O) groups is 1. The van der Waals surface area contributed by atoms with E-state index in [1.807, 2.05) is 0 Å². The van der Waals surface area contributed by atoms with Crippen LogP contribution in [-0.4, -0.2) is 23.1 Å². The van der Waals surface area contributed by atoms with E-state index in [2.05, 4.69) is 13.5 Å². The summed E-state index contributed by atoms with van der Waals surface area (Å²) in [7, 11) is -4.05. The number of aromatic nitrogens is 2. The lowest BCUT2D eigenvalue weighted by Crippen LogP contribution is -2.19. The molecule has 0 aliphatic heterocycles. The van der Waals surface area contributed by atoms with Crippen LogP contribution in [0.1, 0.15) is 10.4 Å². The average Bonchev–Trinajstić information content (AvgIpc) is 2.98. The summed E-state index contributed by atoms with van der Waals surface area (Å²) in [5.41, 5.74) is 5.78. The second-order valence-electron chi connectivity index (χ2n) is 4.67. The Morgan fingerprint density at radius 1 is 1.17 bits per heavy atom. The molecule has 7 nitrogen and oxygen atoms in total. The number of rotatable bonds is 4. The summed E-state index contributed by atoms with van der Waals surface area (Å²) >= 11 is 12.6. The van der Waals surface area contributed by atoms with E-state index in [0.717, 1.165) is 11.7 Å². The maximum Gasteiger partial charge on any atom is 0.264 e. The number of amides is 1. The van der Waals surface area contributed by atoms with Crippen LogP contribution in [0.15, 0.2) is 35.2 Å². The van der Waals surface area contributed by atoms with Crippen molar-refractivity contribution in [3.63, 3.8) is 0 Å². The fourth-order valence-electron chi connectivity index (χ4n) is 2.03. The number of primary amides is 1. The van der Waals surface area contributed by atoms with Crippen molar-refractivity contribution in [3.05, 3.63) is 45.9 Å². The molecule has 124 valence electrons. The maximum atomic E-state index is 12.7. The van der Waals surface area contributed by atoms with Gasteiger partial charge in [-0.15, -0.1) is 0 Å². The molecule has 1 aromatic heterocycles. The van der Waals surface area contributed by atoms with Crippen molar-refractivity contribution in [1.29, 1.82) is 0 Å². The highest BCUT2D eigenvalue weighted by molar-refractivity contribution is 7.93. The van der Waals surface area contributed by atoms with Crippen molar-refractivity contribution in [2.24, 2.45) is 5.73 Å². The summed E-state index contributed by atoms with van der Waals surface area (Å²) in [5, 5.41) is 0.159. The number of sulfonamides is 1. The van der Waals surface area contributed by atoms with Gasteiger partial charge in [-0.3, -0.25) is 9.52 Å². The third-order valence-corrected chi connectivity index (χ3v) is 5.77. The number of carbonyl (C=O) groups excluding carboxylic acids is 1. The van der Waals surface area contributed by atoms with Gasteiger partial charge in [-0.2, -0.15) is 8.75 Å². The lowest BCUT2D eigenvalue weighted by atomic mass is 10.2. The molecule has 0 aliphatic carbocycles. The minimum atomic E-state index is -4.05. The zero-order valence-electron chi connectivity index (χ0n) is 11.7. The van der Waals surface area contributed by atoms with Crippen molar-refractivity contribution in [3.8, 4) is 0 Å². The second kappa shape index (κ2) is 6.17. The lowest BCUT2D eigenvalue weighted by Gasteiger charge is -2.12. The van der Waals surface area contributed by atoms with E-state index in [-0.39, 0.29) is 31.7 Å². The fraction of sp³-hybridized carbons (Fsp3) is 0. The van der Waals surface area contributed by atoms with Gasteiger partial charge < -0.3 is 5.73 Å². The Balaban J connectivity index is 2.12. The molecule has 24 heavy (non-hydrogen) atoms. The first-order valence-electron chi connectivity index (χ1n) is 6.32. The van der Waals surface area contributed by atoms with E-state index >= 15 is 0 Å². The van der Waals surface area contributed by atoms with Crippen LogP contribution in [0, 0.1) is 0 Å². The van der Waals surface area contributed by atoms with Crippen LogP contribution < -0.4 is 10.5 Å². The Hall–Kier alpha value is -1.94. The summed E-state index contributed by atoms with van der Waals surface area (Å²) in [5.74, 6) is -0.847. The molecule has 0 saturated carbocycles. The third-order valence-electron chi connectivity index (χ3n) is 3.11. The van der Waals surface area contributed by atoms with Gasteiger partial charge >= 0.3 is 0 Å². The van der Waals surface area contributed by atoms with Crippen LogP contribution in [0.4, 0.5) is 5.69 Å². The van der Waals surface area contributed by atoms with Crippen LogP contribution in [0.25, 0.3) is 11.0 Å². The summed E-state index contributed by atoms with van der Waals surface area (Å²) < 4.78 is 35.6. The largest absolute Gasteiger partial charge is 0.366 e. The predicted molar refractivity (Wildman–Crippen MR) is 93.2 cm³/mol. The van der Waals surface area contributed by atoms with Crippen molar-refractivity contribution >= 4 is 67.6 Å². The van der Waals surface area contributed by atoms with Gasteiger partial charge in [0.25, 0.3) is 15.9 Å². The maximum absolute atomic E-state index is 12.7. The van der Waals surface area contributed by atoms with Gasteiger partial charge in [0.05, 0.1) is 33.0 Å². The summed E-state index contributed by atoms with van der Waals surface area (Å²) in [4.78, 5) is 11.5. The molecular formula is C13H8Cl2N4O3S2. The molecule has 0 fully saturated rings. The molecule has 0 bridgehead atoms. The van der Waals surface area contributed by atoms with Crippen molar-refractivity contribution in [2.75, 3.05) is 4.72 Å². The molecule has 0 spiro atoms. The smallest absolute Gasteiger partial charge is 0.264 e. The highest BCUT2D eigenvalue weighted by atomic mass is 35.5. The lowest BCUT2D eigenvalue weighted by molar-refractivity contribution is 0.100. The minimum Gasteiger partial charge on any atom is -0.366 e. The van der Waals surface area contributed by atoms with Gasteiger partial charge in [0.2, 0.25) is 0 Å². The van der Waals surface area contributed by atoms with Crippen LogP contribution in [0.3, 0.4) is 0 Å². The van der Waals surface area contributed by atoms with Gasteiger partial charge in [-0.25, -0.2) is 8.42 Å². The predicted octanol–water partition coefficient (Wildman–Crippen LogP) is 2.90. The number of benzene rings is 2. The average molecular weight is 403 g/mol. The Labute approximate surface area is 150 Å². The van der Waals surface area contributed by atoms with Gasteiger partial charge in [-0.05, 0) is 24.3 Å². The van der Waals surface area contributed by atoms with Crippen molar-refractivity contribution < 1.29 is 13.2 Å². The summed E-state index contributed by atoms with van der Waals surface area (Å²) in [6.07, 6.45) is 0.